The molecule has 162 valence electrons. The van der Waals surface area contributed by atoms with Gasteiger partial charge in [0, 0.05) is 11.1 Å². The van der Waals surface area contributed by atoms with Crippen LogP contribution in [-0.4, -0.2) is 44.2 Å². The highest BCUT2D eigenvalue weighted by atomic mass is 16.4. The molecule has 6 N–H and O–H groups in total. The molecule has 0 unspecified atom stereocenters. The molecule has 0 heterocycles. The van der Waals surface area contributed by atoms with Gasteiger partial charge in [0.2, 0.25) is 0 Å². The molecule has 0 bridgehead atoms. The first-order valence-electron chi connectivity index (χ1n) is 9.01. The Bertz CT molecular complexity index is 1140. The largest absolute Gasteiger partial charge is 0.508 e. The highest BCUT2D eigenvalue weighted by Gasteiger charge is 2.17. The van der Waals surface area contributed by atoms with E-state index in [4.69, 9.17) is 0 Å². The Balaban J connectivity index is 1.75. The number of hydrogen-bond acceptors (Lipinski definition) is 6. The summed E-state index contributed by atoms with van der Waals surface area (Å²) in [5.41, 5.74) is -0.370. The van der Waals surface area contributed by atoms with Crippen LogP contribution in [0, 0.1) is 0 Å². The van der Waals surface area contributed by atoms with Gasteiger partial charge >= 0.3 is 11.9 Å². The van der Waals surface area contributed by atoms with Gasteiger partial charge in [0.15, 0.2) is 0 Å². The van der Waals surface area contributed by atoms with E-state index >= 15 is 0 Å². The number of carbonyl (C=O) groups is 4. The smallest absolute Gasteiger partial charge is 0.337 e. The summed E-state index contributed by atoms with van der Waals surface area (Å²) in [4.78, 5) is 47.5. The Morgan fingerprint density at radius 3 is 1.22 bits per heavy atom. The second kappa shape index (κ2) is 8.88. The van der Waals surface area contributed by atoms with Gasteiger partial charge < -0.3 is 31.1 Å². The molecular formula is C22H16N2O8. The maximum atomic E-state index is 12.4. The number of aromatic hydroxyl groups is 2. The van der Waals surface area contributed by atoms with Gasteiger partial charge in [-0.1, -0.05) is 0 Å². The lowest BCUT2D eigenvalue weighted by Gasteiger charge is -2.11. The molecule has 32 heavy (non-hydrogen) atoms. The Hall–Kier alpha value is -4.86. The lowest BCUT2D eigenvalue weighted by molar-refractivity contribution is 0.0686. The maximum Gasteiger partial charge on any atom is 0.337 e. The lowest BCUT2D eigenvalue weighted by atomic mass is 10.1. The summed E-state index contributed by atoms with van der Waals surface area (Å²) in [7, 11) is 0. The van der Waals surface area contributed by atoms with E-state index in [0.717, 1.165) is 12.1 Å². The molecule has 0 aliphatic heterocycles. The van der Waals surface area contributed by atoms with Crippen molar-refractivity contribution in [2.24, 2.45) is 0 Å². The molecule has 0 aliphatic carbocycles. The molecule has 0 saturated heterocycles. The number of amides is 2. The van der Waals surface area contributed by atoms with Crippen LogP contribution in [0.15, 0.2) is 60.7 Å². The van der Waals surface area contributed by atoms with Crippen LogP contribution >= 0.6 is 0 Å². The van der Waals surface area contributed by atoms with Gasteiger partial charge in [0.25, 0.3) is 11.8 Å². The number of anilines is 2. The first-order chi connectivity index (χ1) is 15.2. The molecule has 10 heteroatoms. The van der Waals surface area contributed by atoms with Crippen LogP contribution < -0.4 is 10.6 Å². The highest BCUT2D eigenvalue weighted by molar-refractivity contribution is 6.10. The van der Waals surface area contributed by atoms with E-state index in [1.54, 1.807) is 0 Å². The summed E-state index contributed by atoms with van der Waals surface area (Å²) in [6.07, 6.45) is 0. The van der Waals surface area contributed by atoms with Crippen LogP contribution in [0.1, 0.15) is 41.4 Å². The molecule has 3 aromatic rings. The number of aromatic carboxylic acids is 2. The minimum Gasteiger partial charge on any atom is -0.508 e. The molecule has 0 aliphatic rings. The summed E-state index contributed by atoms with van der Waals surface area (Å²) in [6.45, 7) is 0. The first kappa shape index (κ1) is 21.8. The van der Waals surface area contributed by atoms with E-state index in [9.17, 15) is 39.6 Å². The summed E-state index contributed by atoms with van der Waals surface area (Å²) in [6, 6.07) is 12.3. The van der Waals surface area contributed by atoms with Gasteiger partial charge in [0.1, 0.15) is 11.5 Å². The minimum atomic E-state index is -1.34. The van der Waals surface area contributed by atoms with E-state index in [-0.39, 0.29) is 45.1 Å². The van der Waals surface area contributed by atoms with Gasteiger partial charge in [-0.25, -0.2) is 9.59 Å². The number of carbonyl (C=O) groups excluding carboxylic acids is 2. The van der Waals surface area contributed by atoms with Crippen molar-refractivity contribution in [2.75, 3.05) is 10.6 Å². The molecule has 2 amide bonds. The van der Waals surface area contributed by atoms with Crippen molar-refractivity contribution in [3.05, 3.63) is 82.9 Å². The van der Waals surface area contributed by atoms with Crippen LogP contribution in [0.3, 0.4) is 0 Å². The van der Waals surface area contributed by atoms with Crippen molar-refractivity contribution in [3.63, 3.8) is 0 Å². The topological polar surface area (TPSA) is 173 Å². The predicted octanol–water partition coefficient (Wildman–Crippen LogP) is 3.00. The fourth-order valence-corrected chi connectivity index (χ4v) is 2.80. The Morgan fingerprint density at radius 2 is 0.906 bits per heavy atom. The average Bonchev–Trinajstić information content (AvgIpc) is 2.75. The standard InChI is InChI=1S/C22H16N2O8/c25-13-5-7-17(15(9-13)21(29)30)23-19(27)11-1-2-12(4-3-11)20(28)24-18-8-6-14(26)10-16(18)22(31)32/h1-10,25-26H,(H,23,27)(H,24,28)(H,29,30)(H,31,32). The number of phenols is 2. The van der Waals surface area contributed by atoms with Gasteiger partial charge in [-0.3, -0.25) is 9.59 Å². The monoisotopic (exact) mass is 436 g/mol. The predicted molar refractivity (Wildman–Crippen MR) is 112 cm³/mol. The molecule has 0 saturated carbocycles. The normalized spacial score (nSPS) is 10.2. The van der Waals surface area contributed by atoms with Crippen molar-refractivity contribution >= 4 is 35.1 Å². The lowest BCUT2D eigenvalue weighted by Crippen LogP contribution is -2.16. The number of rotatable bonds is 6. The molecule has 3 rings (SSSR count). The first-order valence-corrected chi connectivity index (χ1v) is 9.01. The van der Waals surface area contributed by atoms with Gasteiger partial charge in [-0.15, -0.1) is 0 Å². The zero-order valence-corrected chi connectivity index (χ0v) is 16.2. The average molecular weight is 436 g/mol. The van der Waals surface area contributed by atoms with Crippen molar-refractivity contribution in [1.29, 1.82) is 0 Å². The summed E-state index contributed by atoms with van der Waals surface area (Å²) in [5.74, 6) is -4.49. The quantitative estimate of drug-likeness (QED) is 0.320. The number of hydrogen-bond donors (Lipinski definition) is 6. The third kappa shape index (κ3) is 4.82. The van der Waals surface area contributed by atoms with Crippen molar-refractivity contribution < 1.29 is 39.6 Å². The van der Waals surface area contributed by atoms with Crippen LogP contribution in [0.2, 0.25) is 0 Å². The van der Waals surface area contributed by atoms with Crippen LogP contribution in [0.5, 0.6) is 11.5 Å². The van der Waals surface area contributed by atoms with Gasteiger partial charge in [-0.2, -0.15) is 0 Å². The molecular weight excluding hydrogens is 420 g/mol. The maximum absolute atomic E-state index is 12.4. The zero-order chi connectivity index (χ0) is 23.4. The summed E-state index contributed by atoms with van der Waals surface area (Å²) >= 11 is 0. The fourth-order valence-electron chi connectivity index (χ4n) is 2.80. The highest BCUT2D eigenvalue weighted by Crippen LogP contribution is 2.23. The Kier molecular flexibility index (Phi) is 6.06. The molecule has 0 atom stereocenters. The third-order valence-corrected chi connectivity index (χ3v) is 4.37. The SMILES string of the molecule is O=C(Nc1ccc(O)cc1C(=O)O)c1ccc(C(=O)Nc2ccc(O)cc2C(=O)O)cc1. The van der Waals surface area contributed by atoms with E-state index in [0.29, 0.717) is 0 Å². The summed E-state index contributed by atoms with van der Waals surface area (Å²) in [5, 5.41) is 42.1. The van der Waals surface area contributed by atoms with Crippen LogP contribution in [0.25, 0.3) is 0 Å². The van der Waals surface area contributed by atoms with Crippen LogP contribution in [-0.2, 0) is 0 Å². The molecule has 0 spiro atoms. The molecule has 0 fully saturated rings. The number of carboxylic acid groups (broad SMARTS) is 2. The zero-order valence-electron chi connectivity index (χ0n) is 16.2. The van der Waals surface area contributed by atoms with E-state index in [1.807, 2.05) is 0 Å². The minimum absolute atomic E-state index is 0.0179. The van der Waals surface area contributed by atoms with Crippen LogP contribution in [0.4, 0.5) is 11.4 Å². The number of nitrogens with one attached hydrogen (secondary N) is 2. The summed E-state index contributed by atoms with van der Waals surface area (Å²) < 4.78 is 0. The fraction of sp³-hybridized carbons (Fsp3) is 0. The second-order valence-corrected chi connectivity index (χ2v) is 6.56. The van der Waals surface area contributed by atoms with E-state index in [2.05, 4.69) is 10.6 Å². The molecule has 0 radical (unpaired) electrons. The number of phenolic OH excluding ortho intramolecular Hbond substituents is 2. The van der Waals surface area contributed by atoms with Gasteiger partial charge in [-0.05, 0) is 60.7 Å². The second-order valence-electron chi connectivity index (χ2n) is 6.56. The van der Waals surface area contributed by atoms with E-state index < -0.39 is 23.8 Å². The van der Waals surface area contributed by atoms with E-state index in [1.165, 1.54) is 48.5 Å². The number of benzene rings is 3. The Labute approximate surface area is 180 Å². The van der Waals surface area contributed by atoms with Gasteiger partial charge in [0.05, 0.1) is 22.5 Å². The van der Waals surface area contributed by atoms with Crippen molar-refractivity contribution in [1.82, 2.24) is 0 Å². The van der Waals surface area contributed by atoms with Crippen molar-refractivity contribution in [2.45, 2.75) is 0 Å². The van der Waals surface area contributed by atoms with Crippen molar-refractivity contribution in [3.8, 4) is 11.5 Å². The molecule has 0 aromatic heterocycles. The molecule has 10 nitrogen and oxygen atoms in total. The third-order valence-electron chi connectivity index (χ3n) is 4.37. The molecule has 3 aromatic carbocycles. The number of carboxylic acids is 2. The Morgan fingerprint density at radius 1 is 0.562 bits per heavy atom.